The summed E-state index contributed by atoms with van der Waals surface area (Å²) in [7, 11) is 1.25. The third-order valence-electron chi connectivity index (χ3n) is 3.33. The highest BCUT2D eigenvalue weighted by Crippen LogP contribution is 2.44. The van der Waals surface area contributed by atoms with Gasteiger partial charge in [0.25, 0.3) is 0 Å². The second kappa shape index (κ2) is 6.60. The van der Waals surface area contributed by atoms with Crippen LogP contribution in [0.15, 0.2) is 28.1 Å². The van der Waals surface area contributed by atoms with E-state index in [1.807, 2.05) is 6.07 Å². The molecule has 6 nitrogen and oxygen atoms in total. The van der Waals surface area contributed by atoms with E-state index in [0.717, 1.165) is 25.7 Å². The average molecular weight is 417 g/mol. The van der Waals surface area contributed by atoms with E-state index >= 15 is 0 Å². The van der Waals surface area contributed by atoms with Crippen LogP contribution in [0.2, 0.25) is 0 Å². The molecule has 0 saturated carbocycles. The van der Waals surface area contributed by atoms with Crippen molar-refractivity contribution in [1.29, 1.82) is 0 Å². The van der Waals surface area contributed by atoms with Crippen molar-refractivity contribution in [2.75, 3.05) is 18.0 Å². The molecule has 1 unspecified atom stereocenters. The summed E-state index contributed by atoms with van der Waals surface area (Å²) in [4.78, 5) is 12.1. The summed E-state index contributed by atoms with van der Waals surface area (Å²) in [6.07, 6.45) is 0.703. The molecular weight excluding hydrogens is 406 g/mol. The van der Waals surface area contributed by atoms with Crippen LogP contribution in [0, 0.1) is 0 Å². The number of hydrogen-bond acceptors (Lipinski definition) is 6. The van der Waals surface area contributed by atoms with E-state index in [9.17, 15) is 13.6 Å². The van der Waals surface area contributed by atoms with E-state index in [1.165, 1.54) is 7.11 Å². The summed E-state index contributed by atoms with van der Waals surface area (Å²) < 4.78 is 35.9. The Labute approximate surface area is 147 Å². The smallest absolute Gasteiger partial charge is 0.350 e. The molecular formula is C14H11BrNO5S2-. The summed E-state index contributed by atoms with van der Waals surface area (Å²) in [5.74, 6) is -0.0718. The zero-order valence-corrected chi connectivity index (χ0v) is 15.1. The van der Waals surface area contributed by atoms with Crippen LogP contribution >= 0.6 is 27.3 Å². The molecule has 0 fully saturated rings. The molecule has 9 heteroatoms. The number of thiophene rings is 1. The molecule has 1 aromatic carbocycles. The molecule has 23 heavy (non-hydrogen) atoms. The van der Waals surface area contributed by atoms with Crippen LogP contribution in [0.3, 0.4) is 0 Å². The number of ether oxygens (including phenoxy) is 2. The number of hydrogen-bond donors (Lipinski definition) is 0. The van der Waals surface area contributed by atoms with Crippen molar-refractivity contribution in [3.8, 4) is 5.75 Å². The van der Waals surface area contributed by atoms with Gasteiger partial charge in [-0.15, -0.1) is 11.3 Å². The number of carbonyl (C=O) groups is 1. The second-order valence-corrected chi connectivity index (χ2v) is 7.28. The molecule has 1 aromatic heterocycles. The van der Waals surface area contributed by atoms with Gasteiger partial charge in [0.05, 0.1) is 36.4 Å². The van der Waals surface area contributed by atoms with E-state index in [4.69, 9.17) is 9.47 Å². The Balaban J connectivity index is 2.17. The maximum atomic E-state index is 11.9. The Kier molecular flexibility index (Phi) is 4.72. The summed E-state index contributed by atoms with van der Waals surface area (Å²) in [5.41, 5.74) is 1.52. The average Bonchev–Trinajstić information content (AvgIpc) is 3.15. The molecule has 0 radical (unpaired) electrons. The number of fused-ring (bicyclic) bond motifs is 1. The first kappa shape index (κ1) is 16.4. The standard InChI is InChI=1S/C14H12BrNO5S2/c1-20-14(17)13-10(3-5-22-13)16(23(18)19)11-7-9(15)6-8-2-4-21-12(8)11/h3,5-7H,2,4H2,1H3,(H,18,19)/p-1. The zero-order chi connectivity index (χ0) is 16.6. The van der Waals surface area contributed by atoms with Gasteiger partial charge in [-0.3, -0.25) is 8.51 Å². The van der Waals surface area contributed by atoms with Gasteiger partial charge in [-0.2, -0.15) is 0 Å². The first-order valence-corrected chi connectivity index (χ1v) is 9.24. The predicted octanol–water partition coefficient (Wildman–Crippen LogP) is 3.16. The fourth-order valence-electron chi connectivity index (χ4n) is 2.40. The van der Waals surface area contributed by atoms with E-state index in [0.29, 0.717) is 24.5 Å². The quantitative estimate of drug-likeness (QED) is 0.564. The molecule has 122 valence electrons. The van der Waals surface area contributed by atoms with Gasteiger partial charge in [0.2, 0.25) is 0 Å². The van der Waals surface area contributed by atoms with Crippen LogP contribution in [-0.4, -0.2) is 28.4 Å². The Morgan fingerprint density at radius 2 is 2.26 bits per heavy atom. The summed E-state index contributed by atoms with van der Waals surface area (Å²) in [6, 6.07) is 5.11. The maximum Gasteiger partial charge on any atom is 0.350 e. The highest BCUT2D eigenvalue weighted by atomic mass is 79.9. The van der Waals surface area contributed by atoms with Gasteiger partial charge in [-0.05, 0) is 23.6 Å². The first-order valence-electron chi connectivity index (χ1n) is 6.53. The summed E-state index contributed by atoms with van der Waals surface area (Å²) in [5, 5.41) is 1.64. The zero-order valence-electron chi connectivity index (χ0n) is 11.9. The lowest BCUT2D eigenvalue weighted by molar-refractivity contribution is 0.0607. The van der Waals surface area contributed by atoms with Crippen molar-refractivity contribution in [3.05, 3.63) is 38.5 Å². The maximum absolute atomic E-state index is 11.9. The van der Waals surface area contributed by atoms with Gasteiger partial charge in [0, 0.05) is 16.5 Å². The van der Waals surface area contributed by atoms with Gasteiger partial charge < -0.3 is 14.0 Å². The van der Waals surface area contributed by atoms with Crippen LogP contribution in [0.1, 0.15) is 15.2 Å². The molecule has 0 saturated heterocycles. The predicted molar refractivity (Wildman–Crippen MR) is 90.1 cm³/mol. The number of benzene rings is 1. The van der Waals surface area contributed by atoms with Crippen LogP contribution < -0.4 is 9.04 Å². The highest BCUT2D eigenvalue weighted by Gasteiger charge is 2.27. The molecule has 0 amide bonds. The largest absolute Gasteiger partial charge is 0.755 e. The van der Waals surface area contributed by atoms with Gasteiger partial charge in [0.15, 0.2) is 0 Å². The van der Waals surface area contributed by atoms with Crippen molar-refractivity contribution < 1.29 is 23.0 Å². The van der Waals surface area contributed by atoms with Crippen molar-refractivity contribution in [2.24, 2.45) is 0 Å². The Bertz CT molecular complexity index is 791. The van der Waals surface area contributed by atoms with Gasteiger partial charge >= 0.3 is 5.97 Å². The monoisotopic (exact) mass is 416 g/mol. The van der Waals surface area contributed by atoms with Gasteiger partial charge in [-0.1, -0.05) is 15.9 Å². The molecule has 1 aliphatic rings. The number of nitrogens with zero attached hydrogens (tertiary/aromatic N) is 1. The van der Waals surface area contributed by atoms with Crippen LogP contribution in [0.25, 0.3) is 0 Å². The SMILES string of the molecule is COC(=O)c1sccc1N(c1cc(Br)cc2c1OCC2)S(=O)[O-]. The number of methoxy groups -OCH3 is 1. The Hall–Kier alpha value is -1.42. The lowest BCUT2D eigenvalue weighted by atomic mass is 10.1. The van der Waals surface area contributed by atoms with Crippen molar-refractivity contribution in [3.63, 3.8) is 0 Å². The van der Waals surface area contributed by atoms with Gasteiger partial charge in [0.1, 0.15) is 10.6 Å². The van der Waals surface area contributed by atoms with Gasteiger partial charge in [-0.25, -0.2) is 4.79 Å². The summed E-state index contributed by atoms with van der Waals surface area (Å²) >= 11 is 1.87. The molecule has 1 aliphatic heterocycles. The van der Waals surface area contributed by atoms with Crippen LogP contribution in [0.4, 0.5) is 11.4 Å². The van der Waals surface area contributed by atoms with E-state index in [2.05, 4.69) is 15.9 Å². The molecule has 1 atom stereocenters. The number of rotatable bonds is 4. The topological polar surface area (TPSA) is 78.9 Å². The van der Waals surface area contributed by atoms with E-state index < -0.39 is 17.2 Å². The molecule has 3 rings (SSSR count). The Morgan fingerprint density at radius 1 is 1.48 bits per heavy atom. The fourth-order valence-corrected chi connectivity index (χ4v) is 4.35. The Morgan fingerprint density at radius 3 is 2.96 bits per heavy atom. The minimum atomic E-state index is -2.63. The molecule has 2 heterocycles. The molecule has 0 spiro atoms. The summed E-state index contributed by atoms with van der Waals surface area (Å²) in [6.45, 7) is 0.492. The van der Waals surface area contributed by atoms with Crippen molar-refractivity contribution in [2.45, 2.75) is 6.42 Å². The fraction of sp³-hybridized carbons (Fsp3) is 0.214. The van der Waals surface area contributed by atoms with E-state index in [1.54, 1.807) is 17.5 Å². The number of esters is 1. The minimum absolute atomic E-state index is 0.212. The van der Waals surface area contributed by atoms with Crippen molar-refractivity contribution in [1.82, 2.24) is 0 Å². The van der Waals surface area contributed by atoms with Crippen LogP contribution in [0.5, 0.6) is 5.75 Å². The highest BCUT2D eigenvalue weighted by molar-refractivity contribution is 9.10. The first-order chi connectivity index (χ1) is 11.0. The second-order valence-electron chi connectivity index (χ2n) is 4.65. The number of halogens is 1. The number of carbonyl (C=O) groups excluding carboxylic acids is 1. The normalized spacial score (nSPS) is 14.0. The third-order valence-corrected chi connectivity index (χ3v) is 5.36. The molecule has 2 aromatic rings. The number of anilines is 2. The molecule has 0 aliphatic carbocycles. The lowest BCUT2D eigenvalue weighted by Crippen LogP contribution is -2.21. The molecule has 0 bridgehead atoms. The minimum Gasteiger partial charge on any atom is -0.755 e. The van der Waals surface area contributed by atoms with Crippen molar-refractivity contribution >= 4 is 55.9 Å². The lowest BCUT2D eigenvalue weighted by Gasteiger charge is -2.27. The third kappa shape index (κ3) is 3.01. The molecule has 0 N–H and O–H groups in total. The van der Waals surface area contributed by atoms with Crippen LogP contribution in [-0.2, 0) is 22.4 Å². The van der Waals surface area contributed by atoms with E-state index in [-0.39, 0.29) is 10.6 Å².